The monoisotopic (exact) mass is 273 g/mol. The van der Waals surface area contributed by atoms with Gasteiger partial charge in [-0.2, -0.15) is 4.72 Å². The van der Waals surface area contributed by atoms with Crippen LogP contribution in [0.25, 0.3) is 0 Å². The summed E-state index contributed by atoms with van der Waals surface area (Å²) in [5.74, 6) is -1.91. The topological polar surface area (TPSA) is 98.8 Å². The van der Waals surface area contributed by atoms with Crippen molar-refractivity contribution in [3.63, 3.8) is 0 Å². The predicted octanol–water partition coefficient (Wildman–Crippen LogP) is -1.14. The van der Waals surface area contributed by atoms with Gasteiger partial charge >= 0.3 is 11.9 Å². The number of alkyl halides is 1. The van der Waals surface area contributed by atoms with Crippen LogP contribution in [0, 0.1) is 0 Å². The molecular weight excluding hydrogens is 262 g/mol. The van der Waals surface area contributed by atoms with E-state index in [-0.39, 0.29) is 0 Å². The zero-order chi connectivity index (χ0) is 12.9. The normalized spacial score (nSPS) is 15.0. The van der Waals surface area contributed by atoms with Crippen LogP contribution in [0.5, 0.6) is 0 Å². The van der Waals surface area contributed by atoms with Gasteiger partial charge in [-0.25, -0.2) is 8.42 Å². The fourth-order valence-corrected chi connectivity index (χ4v) is 1.86. The molecule has 0 radical (unpaired) electrons. The minimum Gasteiger partial charge on any atom is -0.468 e. The second kappa shape index (κ2) is 6.02. The predicted molar refractivity (Wildman–Crippen MR) is 55.4 cm³/mol. The lowest BCUT2D eigenvalue weighted by Crippen LogP contribution is -2.49. The quantitative estimate of drug-likeness (QED) is 0.502. The largest absolute Gasteiger partial charge is 0.468 e. The maximum absolute atomic E-state index is 11.2. The van der Waals surface area contributed by atoms with E-state index in [1.165, 1.54) is 0 Å². The molecule has 0 rings (SSSR count). The molecule has 0 amide bonds. The Hall–Kier alpha value is -0.860. The summed E-state index contributed by atoms with van der Waals surface area (Å²) >= 11 is 5.57. The molecule has 0 aliphatic rings. The third-order valence-electron chi connectivity index (χ3n) is 1.52. The molecule has 0 aliphatic heterocycles. The molecule has 0 aliphatic carbocycles. The SMILES string of the molecule is COC(=O)[C@H](Cl)[C@@H](NS(C)(=O)=O)C(=O)OC. The van der Waals surface area contributed by atoms with Crippen LogP contribution < -0.4 is 4.72 Å². The van der Waals surface area contributed by atoms with Gasteiger partial charge < -0.3 is 9.47 Å². The summed E-state index contributed by atoms with van der Waals surface area (Å²) in [5.41, 5.74) is 0. The number of hydrogen-bond acceptors (Lipinski definition) is 6. The van der Waals surface area contributed by atoms with Crippen molar-refractivity contribution < 1.29 is 27.5 Å². The number of halogens is 1. The Labute approximate surface area is 98.1 Å². The Balaban J connectivity index is 4.95. The van der Waals surface area contributed by atoms with Gasteiger partial charge in [-0.1, -0.05) is 0 Å². The van der Waals surface area contributed by atoms with Gasteiger partial charge in [0.1, 0.15) is 6.04 Å². The Morgan fingerprint density at radius 1 is 1.19 bits per heavy atom. The van der Waals surface area contributed by atoms with E-state index in [0.29, 0.717) is 0 Å². The van der Waals surface area contributed by atoms with E-state index in [1.54, 1.807) is 0 Å². The standard InChI is InChI=1S/C7H12ClNO6S/c1-14-6(10)4(8)5(7(11)15-2)9-16(3,12)13/h4-5,9H,1-3H3/t4-,5-/m1/s1. The van der Waals surface area contributed by atoms with Crippen molar-refractivity contribution in [1.29, 1.82) is 0 Å². The molecule has 0 aromatic rings. The molecule has 16 heavy (non-hydrogen) atoms. The van der Waals surface area contributed by atoms with Crippen LogP contribution in [-0.4, -0.2) is 52.3 Å². The summed E-state index contributed by atoms with van der Waals surface area (Å²) in [7, 11) is -1.60. The van der Waals surface area contributed by atoms with Crippen LogP contribution in [0.2, 0.25) is 0 Å². The van der Waals surface area contributed by atoms with Gasteiger partial charge in [-0.05, 0) is 0 Å². The first kappa shape index (κ1) is 15.1. The summed E-state index contributed by atoms with van der Waals surface area (Å²) in [6.45, 7) is 0. The summed E-state index contributed by atoms with van der Waals surface area (Å²) < 4.78 is 32.4. The number of carbonyl (C=O) groups is 2. The zero-order valence-corrected chi connectivity index (χ0v) is 10.5. The molecule has 0 spiro atoms. The van der Waals surface area contributed by atoms with Crippen molar-refractivity contribution in [2.75, 3.05) is 20.5 Å². The Kier molecular flexibility index (Phi) is 5.70. The van der Waals surface area contributed by atoms with Crippen LogP contribution in [0.15, 0.2) is 0 Å². The van der Waals surface area contributed by atoms with Gasteiger partial charge in [0.15, 0.2) is 5.38 Å². The molecule has 9 heteroatoms. The van der Waals surface area contributed by atoms with E-state index < -0.39 is 33.4 Å². The number of ether oxygens (including phenoxy) is 2. The van der Waals surface area contributed by atoms with Crippen molar-refractivity contribution in [1.82, 2.24) is 4.72 Å². The smallest absolute Gasteiger partial charge is 0.326 e. The Bertz CT molecular complexity index is 367. The maximum Gasteiger partial charge on any atom is 0.326 e. The van der Waals surface area contributed by atoms with Gasteiger partial charge in [0.2, 0.25) is 10.0 Å². The molecule has 7 nitrogen and oxygen atoms in total. The van der Waals surface area contributed by atoms with Gasteiger partial charge in [0.05, 0.1) is 20.5 Å². The number of rotatable bonds is 5. The molecule has 0 bridgehead atoms. The second-order valence-corrected chi connectivity index (χ2v) is 5.07. The molecule has 0 saturated heterocycles. The number of hydrogen-bond donors (Lipinski definition) is 1. The van der Waals surface area contributed by atoms with Crippen molar-refractivity contribution >= 4 is 33.6 Å². The van der Waals surface area contributed by atoms with Crippen LogP contribution in [0.4, 0.5) is 0 Å². The molecule has 0 saturated carbocycles. The first-order chi connectivity index (χ1) is 7.22. The van der Waals surface area contributed by atoms with Crippen LogP contribution in [-0.2, 0) is 29.1 Å². The third-order valence-corrected chi connectivity index (χ3v) is 2.63. The fraction of sp³-hybridized carbons (Fsp3) is 0.714. The molecule has 0 unspecified atom stereocenters. The number of esters is 2. The highest BCUT2D eigenvalue weighted by Gasteiger charge is 2.36. The van der Waals surface area contributed by atoms with Crippen LogP contribution in [0.1, 0.15) is 0 Å². The lowest BCUT2D eigenvalue weighted by molar-refractivity contribution is -0.148. The molecule has 0 heterocycles. The molecule has 2 atom stereocenters. The van der Waals surface area contributed by atoms with E-state index in [2.05, 4.69) is 9.47 Å². The molecule has 0 fully saturated rings. The van der Waals surface area contributed by atoms with E-state index >= 15 is 0 Å². The van der Waals surface area contributed by atoms with Crippen LogP contribution >= 0.6 is 11.6 Å². The minimum atomic E-state index is -3.71. The van der Waals surface area contributed by atoms with Crippen LogP contribution in [0.3, 0.4) is 0 Å². The van der Waals surface area contributed by atoms with Crippen molar-refractivity contribution in [2.24, 2.45) is 0 Å². The van der Waals surface area contributed by atoms with Crippen molar-refractivity contribution in [2.45, 2.75) is 11.4 Å². The first-order valence-corrected chi connectivity index (χ1v) is 6.32. The van der Waals surface area contributed by atoms with E-state index in [0.717, 1.165) is 20.5 Å². The summed E-state index contributed by atoms with van der Waals surface area (Å²) in [4.78, 5) is 22.3. The summed E-state index contributed by atoms with van der Waals surface area (Å²) in [6.07, 6.45) is 0.823. The fourth-order valence-electron chi connectivity index (χ4n) is 0.834. The number of sulfonamides is 1. The number of methoxy groups -OCH3 is 2. The van der Waals surface area contributed by atoms with Crippen molar-refractivity contribution in [3.05, 3.63) is 0 Å². The van der Waals surface area contributed by atoms with Gasteiger partial charge in [-0.3, -0.25) is 9.59 Å². The maximum atomic E-state index is 11.2. The zero-order valence-electron chi connectivity index (χ0n) is 8.89. The third kappa shape index (κ3) is 4.77. The average Bonchev–Trinajstić information content (AvgIpc) is 2.21. The molecular formula is C7H12ClNO6S. The highest BCUT2D eigenvalue weighted by atomic mass is 35.5. The van der Waals surface area contributed by atoms with Gasteiger partial charge in [0, 0.05) is 0 Å². The lowest BCUT2D eigenvalue weighted by atomic mass is 10.2. The van der Waals surface area contributed by atoms with Gasteiger partial charge in [0.25, 0.3) is 0 Å². The van der Waals surface area contributed by atoms with Crippen molar-refractivity contribution in [3.8, 4) is 0 Å². The highest BCUT2D eigenvalue weighted by Crippen LogP contribution is 2.08. The summed E-state index contributed by atoms with van der Waals surface area (Å²) in [5, 5.41) is -1.49. The second-order valence-electron chi connectivity index (χ2n) is 2.82. The lowest BCUT2D eigenvalue weighted by Gasteiger charge is -2.18. The highest BCUT2D eigenvalue weighted by molar-refractivity contribution is 7.88. The summed E-state index contributed by atoms with van der Waals surface area (Å²) in [6, 6.07) is -1.52. The number of nitrogens with one attached hydrogen (secondary N) is 1. The molecule has 1 N–H and O–H groups in total. The number of carbonyl (C=O) groups excluding carboxylic acids is 2. The Morgan fingerprint density at radius 3 is 1.94 bits per heavy atom. The minimum absolute atomic E-state index is 0.823. The van der Waals surface area contributed by atoms with E-state index in [9.17, 15) is 18.0 Å². The first-order valence-electron chi connectivity index (χ1n) is 4.00. The van der Waals surface area contributed by atoms with E-state index in [1.807, 2.05) is 4.72 Å². The Morgan fingerprint density at radius 2 is 1.62 bits per heavy atom. The average molecular weight is 274 g/mol. The molecule has 0 aromatic carbocycles. The van der Waals surface area contributed by atoms with Gasteiger partial charge in [-0.15, -0.1) is 11.6 Å². The molecule has 0 aromatic heterocycles. The molecule has 94 valence electrons. The van der Waals surface area contributed by atoms with E-state index in [4.69, 9.17) is 11.6 Å².